The average molecular weight is 303 g/mol. The molecular formula is C15H17N3O2S. The van der Waals surface area contributed by atoms with Crippen molar-refractivity contribution in [2.45, 2.75) is 33.4 Å². The lowest BCUT2D eigenvalue weighted by Crippen LogP contribution is -2.21. The van der Waals surface area contributed by atoms with E-state index in [1.165, 1.54) is 11.3 Å². The summed E-state index contributed by atoms with van der Waals surface area (Å²) in [5, 5.41) is 5.25. The van der Waals surface area contributed by atoms with Crippen LogP contribution in [0.3, 0.4) is 0 Å². The molecule has 0 radical (unpaired) electrons. The highest BCUT2D eigenvalue weighted by Gasteiger charge is 2.13. The molecule has 3 aromatic heterocycles. The molecule has 0 aliphatic carbocycles. The van der Waals surface area contributed by atoms with Gasteiger partial charge in [0.2, 0.25) is 0 Å². The summed E-state index contributed by atoms with van der Waals surface area (Å²) in [4.78, 5) is 17.1. The van der Waals surface area contributed by atoms with Crippen molar-refractivity contribution in [3.05, 3.63) is 56.8 Å². The third-order valence-electron chi connectivity index (χ3n) is 3.49. The molecule has 21 heavy (non-hydrogen) atoms. The summed E-state index contributed by atoms with van der Waals surface area (Å²) < 4.78 is 7.10. The molecule has 0 saturated heterocycles. The molecule has 0 bridgehead atoms. The van der Waals surface area contributed by atoms with Gasteiger partial charge in [0.15, 0.2) is 4.96 Å². The smallest absolute Gasteiger partial charge is 0.258 e. The standard InChI is InChI=1S/C15H17N3O2S/c1-9-6-13(11(3)20-9)10(2)16-8-12-7-14(19)18-4-5-21-15(18)17-12/h4-7,10,16H,8H2,1-3H3/t10-/m0/s1. The normalized spacial score (nSPS) is 12.9. The van der Waals surface area contributed by atoms with Crippen LogP contribution in [0.2, 0.25) is 0 Å². The monoisotopic (exact) mass is 303 g/mol. The van der Waals surface area contributed by atoms with E-state index >= 15 is 0 Å². The third-order valence-corrected chi connectivity index (χ3v) is 4.25. The Morgan fingerprint density at radius 3 is 2.95 bits per heavy atom. The van der Waals surface area contributed by atoms with Crippen molar-refractivity contribution in [3.8, 4) is 0 Å². The molecule has 0 fully saturated rings. The van der Waals surface area contributed by atoms with Gasteiger partial charge in [-0.2, -0.15) is 0 Å². The van der Waals surface area contributed by atoms with Crippen LogP contribution in [0.15, 0.2) is 32.9 Å². The summed E-state index contributed by atoms with van der Waals surface area (Å²) in [6.45, 7) is 6.53. The molecular weight excluding hydrogens is 286 g/mol. The van der Waals surface area contributed by atoms with E-state index in [0.29, 0.717) is 6.54 Å². The van der Waals surface area contributed by atoms with Gasteiger partial charge in [-0.05, 0) is 26.8 Å². The van der Waals surface area contributed by atoms with E-state index in [-0.39, 0.29) is 11.6 Å². The number of aryl methyl sites for hydroxylation is 2. The minimum Gasteiger partial charge on any atom is -0.466 e. The van der Waals surface area contributed by atoms with Gasteiger partial charge in [-0.25, -0.2) is 4.98 Å². The van der Waals surface area contributed by atoms with Gasteiger partial charge in [0.25, 0.3) is 5.56 Å². The van der Waals surface area contributed by atoms with Gasteiger partial charge in [-0.1, -0.05) is 0 Å². The van der Waals surface area contributed by atoms with Crippen molar-refractivity contribution in [1.29, 1.82) is 0 Å². The lowest BCUT2D eigenvalue weighted by molar-refractivity contribution is 0.489. The van der Waals surface area contributed by atoms with Gasteiger partial charge in [0.05, 0.1) is 5.69 Å². The van der Waals surface area contributed by atoms with Crippen molar-refractivity contribution in [2.75, 3.05) is 0 Å². The van der Waals surface area contributed by atoms with Crippen molar-refractivity contribution >= 4 is 16.3 Å². The summed E-state index contributed by atoms with van der Waals surface area (Å²) in [6.07, 6.45) is 1.74. The summed E-state index contributed by atoms with van der Waals surface area (Å²) in [6, 6.07) is 3.76. The minimum absolute atomic E-state index is 0.0407. The summed E-state index contributed by atoms with van der Waals surface area (Å²) >= 11 is 1.46. The van der Waals surface area contributed by atoms with E-state index in [9.17, 15) is 4.79 Å². The lowest BCUT2D eigenvalue weighted by Gasteiger charge is -2.12. The number of hydrogen-bond acceptors (Lipinski definition) is 5. The Morgan fingerprint density at radius 2 is 2.24 bits per heavy atom. The highest BCUT2D eigenvalue weighted by molar-refractivity contribution is 7.15. The predicted octanol–water partition coefficient (Wildman–Crippen LogP) is 2.82. The van der Waals surface area contributed by atoms with Crippen molar-refractivity contribution < 1.29 is 4.42 Å². The quantitative estimate of drug-likeness (QED) is 0.805. The Bertz CT molecular complexity index is 831. The molecule has 0 unspecified atom stereocenters. The van der Waals surface area contributed by atoms with Crippen LogP contribution in [0.1, 0.15) is 35.7 Å². The molecule has 0 aliphatic rings. The van der Waals surface area contributed by atoms with E-state index in [1.807, 2.05) is 25.3 Å². The fourth-order valence-corrected chi connectivity index (χ4v) is 3.17. The first kappa shape index (κ1) is 14.0. The number of nitrogens with zero attached hydrogens (tertiary/aromatic N) is 2. The minimum atomic E-state index is -0.0407. The number of thiazole rings is 1. The largest absolute Gasteiger partial charge is 0.466 e. The highest BCUT2D eigenvalue weighted by atomic mass is 32.1. The first-order valence-corrected chi connectivity index (χ1v) is 7.68. The van der Waals surface area contributed by atoms with Gasteiger partial charge in [-0.3, -0.25) is 9.20 Å². The maximum absolute atomic E-state index is 11.9. The summed E-state index contributed by atoms with van der Waals surface area (Å²) in [5.74, 6) is 1.83. The van der Waals surface area contributed by atoms with Crippen molar-refractivity contribution in [1.82, 2.24) is 14.7 Å². The summed E-state index contributed by atoms with van der Waals surface area (Å²) in [5.41, 5.74) is 1.86. The zero-order chi connectivity index (χ0) is 15.0. The van der Waals surface area contributed by atoms with Crippen LogP contribution in [0, 0.1) is 13.8 Å². The van der Waals surface area contributed by atoms with Crippen LogP contribution in [0.25, 0.3) is 4.96 Å². The SMILES string of the molecule is Cc1cc([C@H](C)NCc2cc(=O)n3ccsc3n2)c(C)o1. The molecule has 3 rings (SSSR count). The molecule has 0 saturated carbocycles. The van der Waals surface area contributed by atoms with E-state index in [4.69, 9.17) is 4.42 Å². The van der Waals surface area contributed by atoms with Crippen LogP contribution < -0.4 is 10.9 Å². The second kappa shape index (κ2) is 5.46. The fourth-order valence-electron chi connectivity index (χ4n) is 2.43. The molecule has 3 heterocycles. The average Bonchev–Trinajstić information content (AvgIpc) is 3.02. The molecule has 5 nitrogen and oxygen atoms in total. The van der Waals surface area contributed by atoms with Crippen molar-refractivity contribution in [3.63, 3.8) is 0 Å². The zero-order valence-electron chi connectivity index (χ0n) is 12.2. The zero-order valence-corrected chi connectivity index (χ0v) is 13.0. The fraction of sp³-hybridized carbons (Fsp3) is 0.333. The Kier molecular flexibility index (Phi) is 3.65. The van der Waals surface area contributed by atoms with Crippen LogP contribution in [0.5, 0.6) is 0 Å². The topological polar surface area (TPSA) is 59.5 Å². The number of aromatic nitrogens is 2. The highest BCUT2D eigenvalue weighted by Crippen LogP contribution is 2.21. The molecule has 0 amide bonds. The molecule has 1 atom stereocenters. The van der Waals surface area contributed by atoms with E-state index in [0.717, 1.165) is 27.7 Å². The Labute approximate surface area is 126 Å². The molecule has 1 N–H and O–H groups in total. The lowest BCUT2D eigenvalue weighted by atomic mass is 10.1. The first-order valence-electron chi connectivity index (χ1n) is 6.80. The molecule has 6 heteroatoms. The van der Waals surface area contributed by atoms with Gasteiger partial charge in [-0.15, -0.1) is 11.3 Å². The van der Waals surface area contributed by atoms with Gasteiger partial charge in [0, 0.05) is 35.8 Å². The van der Waals surface area contributed by atoms with Gasteiger partial charge in [0.1, 0.15) is 11.5 Å². The number of nitrogens with one attached hydrogen (secondary N) is 1. The number of rotatable bonds is 4. The van der Waals surface area contributed by atoms with Crippen LogP contribution >= 0.6 is 11.3 Å². The second-order valence-corrected chi connectivity index (χ2v) is 5.99. The number of furan rings is 1. The van der Waals surface area contributed by atoms with Crippen LogP contribution in [0.4, 0.5) is 0 Å². The molecule has 0 aromatic carbocycles. The Hall–Kier alpha value is -1.92. The molecule has 110 valence electrons. The van der Waals surface area contributed by atoms with E-state index < -0.39 is 0 Å². The third kappa shape index (κ3) is 2.77. The first-order chi connectivity index (χ1) is 10.0. The molecule has 0 spiro atoms. The van der Waals surface area contributed by atoms with Crippen LogP contribution in [-0.4, -0.2) is 9.38 Å². The maximum Gasteiger partial charge on any atom is 0.258 e. The summed E-state index contributed by atoms with van der Waals surface area (Å²) in [7, 11) is 0. The number of hydrogen-bond donors (Lipinski definition) is 1. The van der Waals surface area contributed by atoms with E-state index in [1.54, 1.807) is 16.7 Å². The van der Waals surface area contributed by atoms with E-state index in [2.05, 4.69) is 17.2 Å². The van der Waals surface area contributed by atoms with Gasteiger partial charge >= 0.3 is 0 Å². The Morgan fingerprint density at radius 1 is 1.43 bits per heavy atom. The maximum atomic E-state index is 11.9. The number of fused-ring (bicyclic) bond motifs is 1. The van der Waals surface area contributed by atoms with Crippen molar-refractivity contribution in [2.24, 2.45) is 0 Å². The predicted molar refractivity (Wildman–Crippen MR) is 82.8 cm³/mol. The second-order valence-electron chi connectivity index (χ2n) is 5.11. The molecule has 0 aliphatic heterocycles. The van der Waals surface area contributed by atoms with Crippen LogP contribution in [-0.2, 0) is 6.54 Å². The Balaban J connectivity index is 1.77. The van der Waals surface area contributed by atoms with Gasteiger partial charge < -0.3 is 9.73 Å². The molecule has 3 aromatic rings.